The molecule has 0 radical (unpaired) electrons. The van der Waals surface area contributed by atoms with E-state index in [0.717, 1.165) is 44.9 Å². The van der Waals surface area contributed by atoms with Crippen LogP contribution in [0.3, 0.4) is 0 Å². The topological polar surface area (TPSA) is 66.9 Å². The van der Waals surface area contributed by atoms with Gasteiger partial charge in [-0.1, -0.05) is 33.1 Å². The van der Waals surface area contributed by atoms with Crippen molar-refractivity contribution in [3.05, 3.63) is 23.8 Å². The molecule has 1 aromatic rings. The maximum absolute atomic E-state index is 13.5. The van der Waals surface area contributed by atoms with Crippen LogP contribution in [-0.4, -0.2) is 55.8 Å². The Bertz CT molecular complexity index is 843. The van der Waals surface area contributed by atoms with Crippen molar-refractivity contribution < 1.29 is 17.9 Å². The lowest BCUT2D eigenvalue weighted by atomic mass is 9.98. The second-order valence-corrected chi connectivity index (χ2v) is 10.7. The SMILES string of the molecule is CCC(C)C(C)N(C(=O)c1ccc(OC)c(S(=O)(=O)N2CCCCCC2)c1)C1CC1. The van der Waals surface area contributed by atoms with Crippen molar-refractivity contribution in [1.29, 1.82) is 0 Å². The number of benzene rings is 1. The van der Waals surface area contributed by atoms with Gasteiger partial charge in [0.2, 0.25) is 10.0 Å². The van der Waals surface area contributed by atoms with E-state index >= 15 is 0 Å². The minimum Gasteiger partial charge on any atom is -0.495 e. The number of hydrogen-bond donors (Lipinski definition) is 0. The van der Waals surface area contributed by atoms with Gasteiger partial charge in [-0.05, 0) is 56.7 Å². The van der Waals surface area contributed by atoms with Crippen molar-refractivity contribution in [3.8, 4) is 5.75 Å². The molecular formula is C23H36N2O4S. The Labute approximate surface area is 181 Å². The zero-order valence-corrected chi connectivity index (χ0v) is 19.6. The number of amides is 1. The summed E-state index contributed by atoms with van der Waals surface area (Å²) in [6.45, 7) is 7.43. The van der Waals surface area contributed by atoms with Gasteiger partial charge >= 0.3 is 0 Å². The van der Waals surface area contributed by atoms with E-state index in [1.54, 1.807) is 16.4 Å². The number of sulfonamides is 1. The highest BCUT2D eigenvalue weighted by molar-refractivity contribution is 7.89. The Morgan fingerprint density at radius 2 is 1.80 bits per heavy atom. The van der Waals surface area contributed by atoms with Crippen molar-refractivity contribution >= 4 is 15.9 Å². The van der Waals surface area contributed by atoms with E-state index < -0.39 is 10.0 Å². The molecule has 1 amide bonds. The van der Waals surface area contributed by atoms with Crippen LogP contribution < -0.4 is 4.74 Å². The number of carbonyl (C=O) groups is 1. The Morgan fingerprint density at radius 1 is 1.17 bits per heavy atom. The molecule has 2 aliphatic rings. The minimum atomic E-state index is -3.72. The van der Waals surface area contributed by atoms with Crippen LogP contribution in [-0.2, 0) is 10.0 Å². The third kappa shape index (κ3) is 4.83. The molecule has 2 fully saturated rings. The highest BCUT2D eigenvalue weighted by Crippen LogP contribution is 2.35. The fourth-order valence-electron chi connectivity index (χ4n) is 4.23. The Hall–Kier alpha value is -1.60. The van der Waals surface area contributed by atoms with Gasteiger partial charge in [0.25, 0.3) is 5.91 Å². The predicted octanol–water partition coefficient (Wildman–Crippen LogP) is 4.30. The zero-order valence-electron chi connectivity index (χ0n) is 18.8. The summed E-state index contributed by atoms with van der Waals surface area (Å²) in [5.74, 6) is 0.595. The second kappa shape index (κ2) is 9.69. The lowest BCUT2D eigenvalue weighted by Crippen LogP contribution is -2.43. The summed E-state index contributed by atoms with van der Waals surface area (Å²) >= 11 is 0. The normalized spacial score (nSPS) is 20.3. The molecule has 2 atom stereocenters. The lowest BCUT2D eigenvalue weighted by Gasteiger charge is -2.33. The molecule has 1 aliphatic heterocycles. The first kappa shape index (κ1) is 23.1. The van der Waals surface area contributed by atoms with E-state index in [4.69, 9.17) is 4.74 Å². The molecule has 7 heteroatoms. The summed E-state index contributed by atoms with van der Waals surface area (Å²) in [5, 5.41) is 0. The smallest absolute Gasteiger partial charge is 0.254 e. The zero-order chi connectivity index (χ0) is 21.9. The largest absolute Gasteiger partial charge is 0.495 e. The summed E-state index contributed by atoms with van der Waals surface area (Å²) < 4.78 is 33.8. The van der Waals surface area contributed by atoms with Crippen molar-refractivity contribution in [2.24, 2.45) is 5.92 Å². The van der Waals surface area contributed by atoms with Crippen LogP contribution in [0.4, 0.5) is 0 Å². The number of carbonyl (C=O) groups excluding carboxylic acids is 1. The van der Waals surface area contributed by atoms with Gasteiger partial charge in [0.15, 0.2) is 0 Å². The number of hydrogen-bond acceptors (Lipinski definition) is 4. The van der Waals surface area contributed by atoms with Gasteiger partial charge in [-0.2, -0.15) is 4.31 Å². The molecular weight excluding hydrogens is 400 g/mol. The van der Waals surface area contributed by atoms with E-state index in [1.807, 2.05) is 4.90 Å². The fraction of sp³-hybridized carbons (Fsp3) is 0.696. The molecule has 1 saturated heterocycles. The van der Waals surface area contributed by atoms with Crippen LogP contribution in [0, 0.1) is 5.92 Å². The summed E-state index contributed by atoms with van der Waals surface area (Å²) in [6, 6.07) is 5.22. The summed E-state index contributed by atoms with van der Waals surface area (Å²) in [7, 11) is -2.25. The van der Waals surface area contributed by atoms with Crippen LogP contribution in [0.2, 0.25) is 0 Å². The van der Waals surface area contributed by atoms with Crippen molar-refractivity contribution in [2.45, 2.75) is 82.7 Å². The standard InChI is InChI=1S/C23H36N2O4S/c1-5-17(2)18(3)25(20-11-12-20)23(26)19-10-13-21(29-4)22(16-19)30(27,28)24-14-8-6-7-9-15-24/h10,13,16-18,20H,5-9,11-12,14-15H2,1-4H3. The quantitative estimate of drug-likeness (QED) is 0.609. The van der Waals surface area contributed by atoms with Crippen molar-refractivity contribution in [1.82, 2.24) is 9.21 Å². The third-order valence-electron chi connectivity index (χ3n) is 6.67. The Balaban J connectivity index is 1.96. The summed E-state index contributed by atoms with van der Waals surface area (Å²) in [4.78, 5) is 15.5. The van der Waals surface area contributed by atoms with Gasteiger partial charge in [0.05, 0.1) is 7.11 Å². The monoisotopic (exact) mass is 436 g/mol. The third-order valence-corrected chi connectivity index (χ3v) is 8.59. The molecule has 3 rings (SSSR count). The Kier molecular flexibility index (Phi) is 7.45. The maximum atomic E-state index is 13.5. The molecule has 1 aromatic carbocycles. The predicted molar refractivity (Wildman–Crippen MR) is 118 cm³/mol. The Morgan fingerprint density at radius 3 is 2.33 bits per heavy atom. The molecule has 1 heterocycles. The summed E-state index contributed by atoms with van der Waals surface area (Å²) in [5.41, 5.74) is 0.422. The van der Waals surface area contributed by atoms with E-state index in [-0.39, 0.29) is 22.9 Å². The van der Waals surface area contributed by atoms with Gasteiger partial charge in [-0.3, -0.25) is 4.79 Å². The van der Waals surface area contributed by atoms with Gasteiger partial charge in [-0.25, -0.2) is 8.42 Å². The van der Waals surface area contributed by atoms with Gasteiger partial charge in [0.1, 0.15) is 10.6 Å². The van der Waals surface area contributed by atoms with Gasteiger partial charge in [0, 0.05) is 30.7 Å². The van der Waals surface area contributed by atoms with Gasteiger partial charge < -0.3 is 9.64 Å². The molecule has 168 valence electrons. The van der Waals surface area contributed by atoms with Crippen molar-refractivity contribution in [3.63, 3.8) is 0 Å². The molecule has 0 aromatic heterocycles. The van der Waals surface area contributed by atoms with Crippen LogP contribution in [0.1, 0.15) is 76.1 Å². The van der Waals surface area contributed by atoms with Gasteiger partial charge in [-0.15, -0.1) is 0 Å². The number of rotatable bonds is 8. The molecule has 0 spiro atoms. The first-order chi connectivity index (χ1) is 14.3. The molecule has 6 nitrogen and oxygen atoms in total. The molecule has 1 aliphatic carbocycles. The highest BCUT2D eigenvalue weighted by Gasteiger charge is 2.38. The maximum Gasteiger partial charge on any atom is 0.254 e. The van der Waals surface area contributed by atoms with Crippen LogP contribution in [0.15, 0.2) is 23.1 Å². The van der Waals surface area contributed by atoms with E-state index in [9.17, 15) is 13.2 Å². The number of methoxy groups -OCH3 is 1. The molecule has 0 N–H and O–H groups in total. The highest BCUT2D eigenvalue weighted by atomic mass is 32.2. The van der Waals surface area contributed by atoms with E-state index in [0.29, 0.717) is 30.3 Å². The fourth-order valence-corrected chi connectivity index (χ4v) is 5.93. The number of ether oxygens (including phenoxy) is 1. The molecule has 30 heavy (non-hydrogen) atoms. The molecule has 2 unspecified atom stereocenters. The summed E-state index contributed by atoms with van der Waals surface area (Å²) in [6.07, 6.45) is 6.85. The van der Waals surface area contributed by atoms with Crippen LogP contribution in [0.25, 0.3) is 0 Å². The van der Waals surface area contributed by atoms with Crippen LogP contribution >= 0.6 is 0 Å². The number of nitrogens with zero attached hydrogens (tertiary/aromatic N) is 2. The first-order valence-corrected chi connectivity index (χ1v) is 12.8. The molecule has 1 saturated carbocycles. The minimum absolute atomic E-state index is 0.0831. The average molecular weight is 437 g/mol. The first-order valence-electron chi connectivity index (χ1n) is 11.3. The second-order valence-electron chi connectivity index (χ2n) is 8.75. The lowest BCUT2D eigenvalue weighted by molar-refractivity contribution is 0.0615. The van der Waals surface area contributed by atoms with E-state index in [1.165, 1.54) is 13.2 Å². The molecule has 0 bridgehead atoms. The van der Waals surface area contributed by atoms with E-state index in [2.05, 4.69) is 20.8 Å². The van der Waals surface area contributed by atoms with Crippen molar-refractivity contribution in [2.75, 3.05) is 20.2 Å². The van der Waals surface area contributed by atoms with Crippen LogP contribution in [0.5, 0.6) is 5.75 Å². The average Bonchev–Trinajstić information content (AvgIpc) is 3.59.